The second kappa shape index (κ2) is 11.0. The van der Waals surface area contributed by atoms with E-state index in [1.807, 2.05) is 0 Å². The molecule has 0 N–H and O–H groups in total. The first-order chi connectivity index (χ1) is 13.9. The molecule has 0 spiro atoms. The van der Waals surface area contributed by atoms with Crippen LogP contribution in [0.3, 0.4) is 0 Å². The Kier molecular flexibility index (Phi) is 9.99. The number of hydrogen-bond acceptors (Lipinski definition) is 0. The van der Waals surface area contributed by atoms with Gasteiger partial charge < -0.3 is 4.65 Å². The van der Waals surface area contributed by atoms with Crippen molar-refractivity contribution in [3.05, 3.63) is 114 Å². The molecule has 0 saturated heterocycles. The van der Waals surface area contributed by atoms with Crippen LogP contribution in [0.4, 0.5) is 0 Å². The van der Waals surface area contributed by atoms with Gasteiger partial charge in [0.1, 0.15) is 0 Å². The van der Waals surface area contributed by atoms with Crippen LogP contribution in [0.2, 0.25) is 52.4 Å². The van der Waals surface area contributed by atoms with Crippen LogP contribution in [0.15, 0.2) is 48.6 Å². The second-order valence-corrected chi connectivity index (χ2v) is 24.6. The Morgan fingerprint density at radius 1 is 0.548 bits per heavy atom. The van der Waals surface area contributed by atoms with Gasteiger partial charge in [-0.1, -0.05) is 117 Å². The number of hydrogen-bond donors (Lipinski definition) is 0. The van der Waals surface area contributed by atoms with Gasteiger partial charge in [0.25, 0.3) is 0 Å². The number of allylic oxidation sites excluding steroid dienone is 8. The molecule has 2 saturated carbocycles. The van der Waals surface area contributed by atoms with Crippen molar-refractivity contribution < 1.29 is 37.3 Å². The largest absolute Gasteiger partial charge is 3.00 e. The SMILES string of the molecule is C[Si](C)(C)[N-][Si](C)(C)C.C[Si](C)([C]1[CH][CH][CH][CH]1)[C]1[C]2C=CC=C[C]2[C]2C=CC=C[C]21.[Er+3]. The summed E-state index contributed by atoms with van der Waals surface area (Å²) in [5.74, 6) is 5.68. The summed E-state index contributed by atoms with van der Waals surface area (Å²) in [7, 11) is -3.89. The van der Waals surface area contributed by atoms with Gasteiger partial charge in [-0.25, -0.2) is 0 Å². The quantitative estimate of drug-likeness (QED) is 0.295. The molecule has 0 bridgehead atoms. The summed E-state index contributed by atoms with van der Waals surface area (Å²) in [4.78, 5) is 0. The Labute approximate surface area is 226 Å². The van der Waals surface area contributed by atoms with Gasteiger partial charge in [0.15, 0.2) is 0 Å². The van der Waals surface area contributed by atoms with Crippen LogP contribution in [0.5, 0.6) is 0 Å². The van der Waals surface area contributed by atoms with Crippen molar-refractivity contribution in [1.29, 1.82) is 0 Å². The van der Waals surface area contributed by atoms with Gasteiger partial charge >= 0.3 is 37.3 Å². The summed E-state index contributed by atoms with van der Waals surface area (Å²) >= 11 is 0. The predicted molar refractivity (Wildman–Crippen MR) is 141 cm³/mol. The molecule has 0 heterocycles. The van der Waals surface area contributed by atoms with Crippen molar-refractivity contribution in [3.8, 4) is 0 Å². The summed E-state index contributed by atoms with van der Waals surface area (Å²) in [6.45, 7) is 18.7. The molecule has 4 aliphatic carbocycles. The van der Waals surface area contributed by atoms with Crippen molar-refractivity contribution in [2.75, 3.05) is 0 Å². The van der Waals surface area contributed by atoms with E-state index in [1.165, 1.54) is 29.2 Å². The normalized spacial score (nSPS) is 23.5. The third kappa shape index (κ3) is 7.15. The zero-order valence-electron chi connectivity index (χ0n) is 20.2. The molecule has 4 rings (SSSR count). The summed E-state index contributed by atoms with van der Waals surface area (Å²) in [5.41, 5.74) is 3.10. The molecular formula is C26H36ErNSi3+2. The van der Waals surface area contributed by atoms with Gasteiger partial charge in [0, 0.05) is 23.7 Å². The molecule has 0 atom stereocenters. The van der Waals surface area contributed by atoms with Crippen LogP contribution in [0.25, 0.3) is 4.65 Å². The molecule has 0 amide bonds. The van der Waals surface area contributed by atoms with Crippen LogP contribution < -0.4 is 0 Å². The molecule has 0 aromatic heterocycles. The third-order valence-electron chi connectivity index (χ3n) is 5.36. The first-order valence-electron chi connectivity index (χ1n) is 10.9. The third-order valence-corrected chi connectivity index (χ3v) is 14.3. The van der Waals surface area contributed by atoms with E-state index >= 15 is 0 Å². The van der Waals surface area contributed by atoms with Crippen LogP contribution in [0.1, 0.15) is 0 Å². The van der Waals surface area contributed by atoms with Gasteiger partial charge in [-0.2, -0.15) is 0 Å². The average molecular weight is 614 g/mol. The molecule has 4 aliphatic rings. The van der Waals surface area contributed by atoms with Gasteiger partial charge in [0.05, 0.1) is 8.07 Å². The van der Waals surface area contributed by atoms with E-state index in [0.717, 1.165) is 0 Å². The van der Waals surface area contributed by atoms with Gasteiger partial charge in [-0.3, -0.25) is 0 Å². The van der Waals surface area contributed by atoms with Crippen LogP contribution >= 0.6 is 0 Å². The zero-order chi connectivity index (χ0) is 22.2. The predicted octanol–water partition coefficient (Wildman–Crippen LogP) is 7.35. The van der Waals surface area contributed by atoms with Crippen molar-refractivity contribution in [2.45, 2.75) is 52.4 Å². The van der Waals surface area contributed by atoms with E-state index in [2.05, 4.69) is 127 Å². The first kappa shape index (κ1) is 28.1. The molecule has 11 radical (unpaired) electrons. The smallest absolute Gasteiger partial charge is 0.668 e. The zero-order valence-corrected chi connectivity index (χ0v) is 25.0. The molecule has 0 aliphatic heterocycles. The van der Waals surface area contributed by atoms with Crippen molar-refractivity contribution in [3.63, 3.8) is 0 Å². The van der Waals surface area contributed by atoms with E-state index in [9.17, 15) is 0 Å². The Morgan fingerprint density at radius 2 is 0.903 bits per heavy atom. The van der Waals surface area contributed by atoms with Crippen LogP contribution in [-0.2, 0) is 0 Å². The Bertz CT molecular complexity index is 659. The van der Waals surface area contributed by atoms with E-state index in [1.54, 1.807) is 5.54 Å². The molecule has 0 aromatic carbocycles. The maximum Gasteiger partial charge on any atom is 3.00 e. The van der Waals surface area contributed by atoms with Gasteiger partial charge in [-0.15, -0.1) is 0 Å². The fourth-order valence-corrected chi connectivity index (χ4v) is 15.8. The monoisotopic (exact) mass is 612 g/mol. The maximum atomic E-state index is 4.82. The fourth-order valence-electron chi connectivity index (χ4n) is 4.63. The Hall–Kier alpha value is 0.817. The fraction of sp³-hybridized carbons (Fsp3) is 0.308. The molecule has 5 heteroatoms. The van der Waals surface area contributed by atoms with Crippen molar-refractivity contribution in [1.82, 2.24) is 0 Å². The summed E-state index contributed by atoms with van der Waals surface area (Å²) in [5, 5.41) is 0. The van der Waals surface area contributed by atoms with Gasteiger partial charge in [0.2, 0.25) is 0 Å². The molecular weight excluding hydrogens is 578 g/mol. The van der Waals surface area contributed by atoms with Crippen LogP contribution in [0, 0.1) is 97.7 Å². The molecule has 2 fully saturated rings. The molecule has 0 aromatic rings. The Balaban J connectivity index is 0.000000295. The summed E-state index contributed by atoms with van der Waals surface area (Å²) in [6, 6.07) is 0. The van der Waals surface area contributed by atoms with E-state index in [4.69, 9.17) is 4.65 Å². The first-order valence-corrected chi connectivity index (χ1v) is 20.8. The van der Waals surface area contributed by atoms with E-state index in [0.29, 0.717) is 0 Å². The van der Waals surface area contributed by atoms with E-state index in [-0.39, 0.29) is 37.3 Å². The van der Waals surface area contributed by atoms with Crippen molar-refractivity contribution >= 4 is 24.5 Å². The number of fused-ring (bicyclic) bond motifs is 3. The summed E-state index contributed by atoms with van der Waals surface area (Å²) in [6.07, 6.45) is 26.7. The van der Waals surface area contributed by atoms with E-state index < -0.39 is 24.5 Å². The van der Waals surface area contributed by atoms with Gasteiger partial charge in [-0.05, 0) is 36.8 Å². The molecule has 31 heavy (non-hydrogen) atoms. The van der Waals surface area contributed by atoms with Crippen molar-refractivity contribution in [2.24, 2.45) is 0 Å². The minimum Gasteiger partial charge on any atom is -0.668 e. The Morgan fingerprint density at radius 3 is 1.23 bits per heavy atom. The number of rotatable bonds is 4. The molecule has 167 valence electrons. The molecule has 0 unspecified atom stereocenters. The molecule has 1 nitrogen and oxygen atoms in total. The standard InChI is InChI=1S/C20H18Si.C6H18NSi2.Er/c1-21(2,15-9-3-4-10-15)20-18-13-7-5-11-16(18)17-12-6-8-14-19(17)20;1-8(2,3)7-9(4,5)6;/h3-14H,1-2H3;1-6H3;/q;-1;+3. The average Bonchev–Trinajstić information content (AvgIpc) is 3.26. The minimum atomic E-state index is -1.68. The maximum absolute atomic E-state index is 4.82. The number of nitrogens with zero attached hydrogens (tertiary/aromatic N) is 1. The minimum absolute atomic E-state index is 0. The van der Waals surface area contributed by atoms with Crippen LogP contribution in [-0.4, -0.2) is 24.5 Å². The topological polar surface area (TPSA) is 14.1 Å². The second-order valence-electron chi connectivity index (χ2n) is 10.7. The summed E-state index contributed by atoms with van der Waals surface area (Å²) < 4.78 is 4.82.